The minimum Gasteiger partial charge on any atom is -0.382 e. The number of rotatable bonds is 5. The van der Waals surface area contributed by atoms with Gasteiger partial charge in [-0.3, -0.25) is 0 Å². The molecule has 1 N–H and O–H groups in total. The number of sulfone groups is 1. The summed E-state index contributed by atoms with van der Waals surface area (Å²) in [7, 11) is -3.00. The highest BCUT2D eigenvalue weighted by atomic mass is 32.2. The van der Waals surface area contributed by atoms with Gasteiger partial charge in [-0.2, -0.15) is 13.2 Å². The average Bonchev–Trinajstić information content (AvgIpc) is 2.45. The lowest BCUT2D eigenvalue weighted by molar-refractivity contribution is -0.182. The minimum absolute atomic E-state index is 0.0929. The smallest absolute Gasteiger partial charge is 0.382 e. The van der Waals surface area contributed by atoms with Crippen molar-refractivity contribution in [2.75, 3.05) is 17.3 Å². The van der Waals surface area contributed by atoms with E-state index >= 15 is 0 Å². The van der Waals surface area contributed by atoms with Gasteiger partial charge in [0, 0.05) is 18.0 Å². The summed E-state index contributed by atoms with van der Waals surface area (Å²) in [5.74, 6) is -1.13. The zero-order chi connectivity index (χ0) is 17.1. The van der Waals surface area contributed by atoms with Gasteiger partial charge in [0.25, 0.3) is 0 Å². The van der Waals surface area contributed by atoms with Crippen LogP contribution in [0.3, 0.4) is 0 Å². The summed E-state index contributed by atoms with van der Waals surface area (Å²) >= 11 is 0. The number of aryl methyl sites for hydroxylation is 1. The van der Waals surface area contributed by atoms with Crippen molar-refractivity contribution in [1.29, 1.82) is 0 Å². The van der Waals surface area contributed by atoms with Crippen LogP contribution in [0, 0.1) is 5.92 Å². The van der Waals surface area contributed by atoms with Gasteiger partial charge in [0.05, 0.1) is 11.7 Å². The van der Waals surface area contributed by atoms with Gasteiger partial charge in [-0.25, -0.2) is 8.42 Å². The molecule has 0 bridgehead atoms. The molecule has 1 aliphatic rings. The van der Waals surface area contributed by atoms with Crippen molar-refractivity contribution in [3.8, 4) is 0 Å². The van der Waals surface area contributed by atoms with Crippen LogP contribution >= 0.6 is 0 Å². The van der Waals surface area contributed by atoms with Crippen LogP contribution in [-0.2, 0) is 16.3 Å². The van der Waals surface area contributed by atoms with E-state index in [0.717, 1.165) is 17.7 Å². The predicted molar refractivity (Wildman–Crippen MR) is 85.3 cm³/mol. The minimum atomic E-state index is -4.12. The lowest BCUT2D eigenvalue weighted by Gasteiger charge is -2.31. The maximum absolute atomic E-state index is 12.8. The van der Waals surface area contributed by atoms with E-state index in [9.17, 15) is 21.6 Å². The van der Waals surface area contributed by atoms with Crippen LogP contribution in [0.15, 0.2) is 24.3 Å². The highest BCUT2D eigenvalue weighted by molar-refractivity contribution is 7.90. The highest BCUT2D eigenvalue weighted by Gasteiger charge is 2.42. The topological polar surface area (TPSA) is 46.2 Å². The molecule has 2 rings (SSSR count). The molecule has 2 atom stereocenters. The van der Waals surface area contributed by atoms with E-state index < -0.39 is 21.9 Å². The molecule has 1 aromatic carbocycles. The maximum atomic E-state index is 12.8. The Morgan fingerprint density at radius 3 is 2.39 bits per heavy atom. The SMILES string of the molecule is CS(=O)(=O)CCc1ccc(NC2CCCC(C(F)(F)F)C2)cc1. The maximum Gasteiger partial charge on any atom is 0.391 e. The van der Waals surface area contributed by atoms with Crippen LogP contribution in [0.5, 0.6) is 0 Å². The molecule has 23 heavy (non-hydrogen) atoms. The molecule has 1 aliphatic carbocycles. The van der Waals surface area contributed by atoms with Gasteiger partial charge in [0.1, 0.15) is 9.84 Å². The van der Waals surface area contributed by atoms with Crippen molar-refractivity contribution in [1.82, 2.24) is 0 Å². The summed E-state index contributed by atoms with van der Waals surface area (Å²) < 4.78 is 60.7. The van der Waals surface area contributed by atoms with Crippen LogP contribution in [0.4, 0.5) is 18.9 Å². The van der Waals surface area contributed by atoms with E-state index in [0.29, 0.717) is 12.8 Å². The molecule has 0 aromatic heterocycles. The Morgan fingerprint density at radius 1 is 1.17 bits per heavy atom. The number of hydrogen-bond acceptors (Lipinski definition) is 3. The summed E-state index contributed by atoms with van der Waals surface area (Å²) in [5, 5.41) is 3.16. The predicted octanol–water partition coefficient (Wildman–Crippen LogP) is 3.81. The molecule has 0 spiro atoms. The van der Waals surface area contributed by atoms with Crippen LogP contribution in [-0.4, -0.2) is 32.6 Å². The van der Waals surface area contributed by atoms with Crippen LogP contribution in [0.1, 0.15) is 31.2 Å². The lowest BCUT2D eigenvalue weighted by Crippen LogP contribution is -2.34. The molecular weight excluding hydrogens is 327 g/mol. The fourth-order valence-corrected chi connectivity index (χ4v) is 3.53. The van der Waals surface area contributed by atoms with E-state index in [1.807, 2.05) is 12.1 Å². The summed E-state index contributed by atoms with van der Waals surface area (Å²) in [6, 6.07) is 7.07. The Balaban J connectivity index is 1.90. The Hall–Kier alpha value is -1.24. The highest BCUT2D eigenvalue weighted by Crippen LogP contribution is 2.38. The monoisotopic (exact) mass is 349 g/mol. The number of anilines is 1. The third-order valence-electron chi connectivity index (χ3n) is 4.22. The van der Waals surface area contributed by atoms with Crippen LogP contribution < -0.4 is 5.32 Å². The Morgan fingerprint density at radius 2 is 1.83 bits per heavy atom. The van der Waals surface area contributed by atoms with Gasteiger partial charge in [-0.1, -0.05) is 18.6 Å². The molecule has 0 amide bonds. The summed E-state index contributed by atoms with van der Waals surface area (Å²) in [6.45, 7) is 0. The number of nitrogens with one attached hydrogen (secondary N) is 1. The van der Waals surface area contributed by atoms with Gasteiger partial charge in [-0.15, -0.1) is 0 Å². The zero-order valence-corrected chi connectivity index (χ0v) is 13.9. The molecule has 1 saturated carbocycles. The fourth-order valence-electron chi connectivity index (χ4n) is 2.92. The standard InChI is InChI=1S/C16H22F3NO2S/c1-23(21,22)10-9-12-5-7-14(8-6-12)20-15-4-2-3-13(11-15)16(17,18)19/h5-8,13,15,20H,2-4,9-11H2,1H3. The van der Waals surface area contributed by atoms with E-state index in [2.05, 4.69) is 5.32 Å². The zero-order valence-electron chi connectivity index (χ0n) is 13.1. The first kappa shape index (κ1) is 18.1. The van der Waals surface area contributed by atoms with Gasteiger partial charge < -0.3 is 5.32 Å². The third-order valence-corrected chi connectivity index (χ3v) is 5.17. The Labute approximate surface area is 135 Å². The molecule has 1 fully saturated rings. The van der Waals surface area contributed by atoms with Gasteiger partial charge in [-0.05, 0) is 43.4 Å². The third kappa shape index (κ3) is 6.05. The molecule has 0 saturated heterocycles. The molecular formula is C16H22F3NO2S. The van der Waals surface area contributed by atoms with Gasteiger partial charge >= 0.3 is 6.18 Å². The van der Waals surface area contributed by atoms with Crippen LogP contribution in [0.2, 0.25) is 0 Å². The first-order valence-corrected chi connectivity index (χ1v) is 9.79. The lowest BCUT2D eigenvalue weighted by atomic mass is 9.85. The second-order valence-corrected chi connectivity index (χ2v) is 8.58. The van der Waals surface area contributed by atoms with Crippen molar-refractivity contribution in [2.24, 2.45) is 5.92 Å². The number of halogens is 3. The summed E-state index contributed by atoms with van der Waals surface area (Å²) in [5.41, 5.74) is 1.68. The van der Waals surface area contributed by atoms with Crippen molar-refractivity contribution in [3.63, 3.8) is 0 Å². The second kappa shape index (κ2) is 7.11. The number of hydrogen-bond donors (Lipinski definition) is 1. The average molecular weight is 349 g/mol. The number of alkyl halides is 3. The van der Waals surface area contributed by atoms with Crippen molar-refractivity contribution >= 4 is 15.5 Å². The molecule has 1 aromatic rings. The largest absolute Gasteiger partial charge is 0.391 e. The van der Waals surface area contributed by atoms with Crippen LogP contribution in [0.25, 0.3) is 0 Å². The molecule has 0 radical (unpaired) electrons. The van der Waals surface area contributed by atoms with Crippen molar-refractivity contribution in [2.45, 2.75) is 44.3 Å². The summed E-state index contributed by atoms with van der Waals surface area (Å²) in [6.07, 6.45) is -0.834. The van der Waals surface area contributed by atoms with Crippen molar-refractivity contribution in [3.05, 3.63) is 29.8 Å². The first-order valence-electron chi connectivity index (χ1n) is 7.73. The molecule has 0 aliphatic heterocycles. The fraction of sp³-hybridized carbons (Fsp3) is 0.625. The molecule has 130 valence electrons. The quantitative estimate of drug-likeness (QED) is 0.879. The second-order valence-electron chi connectivity index (χ2n) is 6.32. The molecule has 0 heterocycles. The van der Waals surface area contributed by atoms with Crippen molar-refractivity contribution < 1.29 is 21.6 Å². The van der Waals surface area contributed by atoms with E-state index in [-0.39, 0.29) is 24.6 Å². The van der Waals surface area contributed by atoms with E-state index in [1.165, 1.54) is 6.26 Å². The Kier molecular flexibility index (Phi) is 5.60. The summed E-state index contributed by atoms with van der Waals surface area (Å²) in [4.78, 5) is 0. The van der Waals surface area contributed by atoms with Gasteiger partial charge in [0.15, 0.2) is 0 Å². The molecule has 2 unspecified atom stereocenters. The number of benzene rings is 1. The van der Waals surface area contributed by atoms with E-state index in [4.69, 9.17) is 0 Å². The molecule has 7 heteroatoms. The molecule has 3 nitrogen and oxygen atoms in total. The normalized spacial score (nSPS) is 22.8. The van der Waals surface area contributed by atoms with E-state index in [1.54, 1.807) is 12.1 Å². The van der Waals surface area contributed by atoms with Gasteiger partial charge in [0.2, 0.25) is 0 Å². The Bertz CT molecular complexity index is 611. The first-order chi connectivity index (χ1) is 10.6.